The van der Waals surface area contributed by atoms with Gasteiger partial charge in [-0.3, -0.25) is 4.79 Å². The summed E-state index contributed by atoms with van der Waals surface area (Å²) in [7, 11) is 0. The van der Waals surface area contributed by atoms with E-state index in [2.05, 4.69) is 9.97 Å². The van der Waals surface area contributed by atoms with Crippen LogP contribution in [0.2, 0.25) is 0 Å². The first-order valence-corrected chi connectivity index (χ1v) is 4.81. The van der Waals surface area contributed by atoms with Crippen LogP contribution in [-0.2, 0) is 29.0 Å². The molecule has 0 radical (unpaired) electrons. The second kappa shape index (κ2) is 3.94. The van der Waals surface area contributed by atoms with Gasteiger partial charge in [0.1, 0.15) is 12.2 Å². The number of carboxylic acids is 1. The van der Waals surface area contributed by atoms with Crippen LogP contribution in [0.5, 0.6) is 0 Å². The number of aryl methyl sites for hydroxylation is 1. The molecule has 5 nitrogen and oxygen atoms in total. The van der Waals surface area contributed by atoms with E-state index in [0.29, 0.717) is 19.0 Å². The fourth-order valence-electron chi connectivity index (χ4n) is 1.72. The molecule has 0 spiro atoms. The van der Waals surface area contributed by atoms with Crippen molar-refractivity contribution in [2.24, 2.45) is 0 Å². The standard InChI is InChI=1S/C10H12N2O3/c1-6-7-2-3-15-5-8(7)12-9(11-6)4-10(13)14/h2-5H2,1H3,(H,13,14). The number of fused-ring (bicyclic) bond motifs is 1. The largest absolute Gasteiger partial charge is 0.481 e. The van der Waals surface area contributed by atoms with Crippen LogP contribution in [0, 0.1) is 6.92 Å². The first-order chi connectivity index (χ1) is 7.16. The molecule has 2 heterocycles. The second-order valence-corrected chi connectivity index (χ2v) is 3.52. The normalized spacial score (nSPS) is 14.7. The molecule has 0 bridgehead atoms. The molecule has 1 aliphatic heterocycles. The van der Waals surface area contributed by atoms with Crippen LogP contribution >= 0.6 is 0 Å². The van der Waals surface area contributed by atoms with E-state index in [1.807, 2.05) is 6.92 Å². The van der Waals surface area contributed by atoms with E-state index in [1.54, 1.807) is 0 Å². The molecule has 0 aliphatic carbocycles. The molecule has 0 saturated carbocycles. The quantitative estimate of drug-likeness (QED) is 0.765. The van der Waals surface area contributed by atoms with E-state index in [0.717, 1.165) is 23.4 Å². The fraction of sp³-hybridized carbons (Fsp3) is 0.500. The average molecular weight is 208 g/mol. The smallest absolute Gasteiger partial charge is 0.311 e. The minimum atomic E-state index is -0.911. The topological polar surface area (TPSA) is 72.3 Å². The van der Waals surface area contributed by atoms with E-state index in [-0.39, 0.29) is 6.42 Å². The third kappa shape index (κ3) is 2.12. The summed E-state index contributed by atoms with van der Waals surface area (Å²) in [4.78, 5) is 18.9. The zero-order valence-electron chi connectivity index (χ0n) is 8.49. The van der Waals surface area contributed by atoms with Crippen LogP contribution in [-0.4, -0.2) is 27.7 Å². The molecule has 1 N–H and O–H groups in total. The lowest BCUT2D eigenvalue weighted by molar-refractivity contribution is -0.136. The molecule has 15 heavy (non-hydrogen) atoms. The molecule has 1 aromatic rings. The number of rotatable bonds is 2. The number of carboxylic acid groups (broad SMARTS) is 1. The van der Waals surface area contributed by atoms with Gasteiger partial charge < -0.3 is 9.84 Å². The molecule has 80 valence electrons. The number of hydrogen-bond donors (Lipinski definition) is 1. The predicted molar refractivity (Wildman–Crippen MR) is 51.5 cm³/mol. The first-order valence-electron chi connectivity index (χ1n) is 4.81. The van der Waals surface area contributed by atoms with Gasteiger partial charge in [-0.25, -0.2) is 9.97 Å². The van der Waals surface area contributed by atoms with Gasteiger partial charge >= 0.3 is 5.97 Å². The van der Waals surface area contributed by atoms with Crippen molar-refractivity contribution in [3.63, 3.8) is 0 Å². The summed E-state index contributed by atoms with van der Waals surface area (Å²) in [5.74, 6) is -0.546. The van der Waals surface area contributed by atoms with Crippen LogP contribution in [0.4, 0.5) is 0 Å². The highest BCUT2D eigenvalue weighted by Crippen LogP contribution is 2.17. The van der Waals surface area contributed by atoms with Crippen molar-refractivity contribution >= 4 is 5.97 Å². The van der Waals surface area contributed by atoms with Gasteiger partial charge in [0.05, 0.1) is 18.9 Å². The van der Waals surface area contributed by atoms with E-state index in [1.165, 1.54) is 0 Å². The highest BCUT2D eigenvalue weighted by atomic mass is 16.5. The fourth-order valence-corrected chi connectivity index (χ4v) is 1.72. The van der Waals surface area contributed by atoms with Crippen molar-refractivity contribution in [3.8, 4) is 0 Å². The highest BCUT2D eigenvalue weighted by molar-refractivity contribution is 5.69. The Bertz CT molecular complexity index is 404. The molecule has 0 amide bonds. The van der Waals surface area contributed by atoms with Crippen LogP contribution in [0.3, 0.4) is 0 Å². The molecular formula is C10H12N2O3. The molecular weight excluding hydrogens is 196 g/mol. The summed E-state index contributed by atoms with van der Waals surface area (Å²) in [6.07, 6.45) is 0.683. The number of nitrogens with zero attached hydrogens (tertiary/aromatic N) is 2. The molecule has 0 atom stereocenters. The van der Waals surface area contributed by atoms with Crippen molar-refractivity contribution in [1.82, 2.24) is 9.97 Å². The Labute approximate surface area is 87.1 Å². The van der Waals surface area contributed by atoms with Gasteiger partial charge in [-0.15, -0.1) is 0 Å². The highest BCUT2D eigenvalue weighted by Gasteiger charge is 2.16. The van der Waals surface area contributed by atoms with Crippen LogP contribution in [0.25, 0.3) is 0 Å². The maximum Gasteiger partial charge on any atom is 0.311 e. The van der Waals surface area contributed by atoms with E-state index < -0.39 is 5.97 Å². The Morgan fingerprint density at radius 2 is 2.33 bits per heavy atom. The number of aromatic nitrogens is 2. The van der Waals surface area contributed by atoms with Gasteiger partial charge in [-0.1, -0.05) is 0 Å². The first kappa shape index (κ1) is 10.0. The summed E-state index contributed by atoms with van der Waals surface area (Å²) in [6, 6.07) is 0. The zero-order valence-corrected chi connectivity index (χ0v) is 8.49. The molecule has 1 aliphatic rings. The van der Waals surface area contributed by atoms with Crippen molar-refractivity contribution < 1.29 is 14.6 Å². The number of aliphatic carboxylic acids is 1. The Morgan fingerprint density at radius 3 is 3.07 bits per heavy atom. The number of hydrogen-bond acceptors (Lipinski definition) is 4. The summed E-state index contributed by atoms with van der Waals surface area (Å²) in [5.41, 5.74) is 2.82. The monoisotopic (exact) mass is 208 g/mol. The lowest BCUT2D eigenvalue weighted by atomic mass is 10.1. The van der Waals surface area contributed by atoms with Crippen molar-refractivity contribution in [2.75, 3.05) is 6.61 Å². The molecule has 0 saturated heterocycles. The summed E-state index contributed by atoms with van der Waals surface area (Å²) >= 11 is 0. The van der Waals surface area contributed by atoms with Crippen molar-refractivity contribution in [2.45, 2.75) is 26.4 Å². The average Bonchev–Trinajstić information content (AvgIpc) is 2.16. The predicted octanol–water partition coefficient (Wildman–Crippen LogP) is 0.485. The Balaban J connectivity index is 2.36. The maximum absolute atomic E-state index is 10.5. The third-order valence-corrected chi connectivity index (χ3v) is 2.39. The van der Waals surface area contributed by atoms with Gasteiger partial charge in [0.2, 0.25) is 0 Å². The minimum absolute atomic E-state index is 0.131. The van der Waals surface area contributed by atoms with Gasteiger partial charge in [0.15, 0.2) is 0 Å². The maximum atomic E-state index is 10.5. The van der Waals surface area contributed by atoms with Crippen LogP contribution < -0.4 is 0 Å². The summed E-state index contributed by atoms with van der Waals surface area (Å²) < 4.78 is 5.27. The van der Waals surface area contributed by atoms with E-state index in [4.69, 9.17) is 9.84 Å². The Morgan fingerprint density at radius 1 is 1.53 bits per heavy atom. The Kier molecular flexibility index (Phi) is 2.64. The zero-order chi connectivity index (χ0) is 10.8. The molecule has 0 unspecified atom stereocenters. The molecule has 5 heteroatoms. The van der Waals surface area contributed by atoms with Gasteiger partial charge in [-0.2, -0.15) is 0 Å². The van der Waals surface area contributed by atoms with Crippen LogP contribution in [0.15, 0.2) is 0 Å². The molecule has 1 aromatic heterocycles. The van der Waals surface area contributed by atoms with Crippen molar-refractivity contribution in [3.05, 3.63) is 22.8 Å². The van der Waals surface area contributed by atoms with Gasteiger partial charge in [0.25, 0.3) is 0 Å². The molecule has 0 fully saturated rings. The molecule has 0 aromatic carbocycles. The molecule has 2 rings (SSSR count). The van der Waals surface area contributed by atoms with Gasteiger partial charge in [0, 0.05) is 5.69 Å². The second-order valence-electron chi connectivity index (χ2n) is 3.52. The summed E-state index contributed by atoms with van der Waals surface area (Å²) in [5, 5.41) is 8.65. The third-order valence-electron chi connectivity index (χ3n) is 2.39. The van der Waals surface area contributed by atoms with Gasteiger partial charge in [-0.05, 0) is 18.9 Å². The lowest BCUT2D eigenvalue weighted by Gasteiger charge is -2.17. The van der Waals surface area contributed by atoms with E-state index >= 15 is 0 Å². The summed E-state index contributed by atoms with van der Waals surface area (Å²) in [6.45, 7) is 3.04. The van der Waals surface area contributed by atoms with Crippen molar-refractivity contribution in [1.29, 1.82) is 0 Å². The number of carbonyl (C=O) groups is 1. The SMILES string of the molecule is Cc1nc(CC(=O)O)nc2c1CCOC2. The Hall–Kier alpha value is -1.49. The van der Waals surface area contributed by atoms with Crippen LogP contribution in [0.1, 0.15) is 22.8 Å². The minimum Gasteiger partial charge on any atom is -0.481 e. The lowest BCUT2D eigenvalue weighted by Crippen LogP contribution is -2.17. The number of ether oxygens (including phenoxy) is 1. The van der Waals surface area contributed by atoms with E-state index in [9.17, 15) is 4.79 Å².